The highest BCUT2D eigenvalue weighted by atomic mass is 15.3. The number of nitrogens with one attached hydrogen (secondary N) is 1. The molecule has 4 nitrogen and oxygen atoms in total. The van der Waals surface area contributed by atoms with Crippen LogP contribution >= 0.6 is 0 Å². The van der Waals surface area contributed by atoms with E-state index in [2.05, 4.69) is 20.1 Å². The normalized spacial score (nSPS) is 22.4. The number of rotatable bonds is 4. The van der Waals surface area contributed by atoms with Crippen LogP contribution < -0.4 is 5.32 Å². The minimum absolute atomic E-state index is 0.618. The standard InChI is InChI=1S/C11H18N4/c1-2-4-10(3-1)15-8-13-11(14-15)7-12-9-5-6-9/h8-10,12H,1-7H2. The van der Waals surface area contributed by atoms with Gasteiger partial charge in [0.05, 0.1) is 12.6 Å². The van der Waals surface area contributed by atoms with Gasteiger partial charge in [-0.2, -0.15) is 5.10 Å². The van der Waals surface area contributed by atoms with Gasteiger partial charge in [0.1, 0.15) is 6.33 Å². The van der Waals surface area contributed by atoms with Crippen molar-refractivity contribution in [1.82, 2.24) is 20.1 Å². The van der Waals surface area contributed by atoms with E-state index in [-0.39, 0.29) is 0 Å². The van der Waals surface area contributed by atoms with E-state index < -0.39 is 0 Å². The third-order valence-electron chi connectivity index (χ3n) is 3.38. The molecule has 0 amide bonds. The summed E-state index contributed by atoms with van der Waals surface area (Å²) in [5.74, 6) is 0.953. The SMILES string of the molecule is c1nc(CNC2CC2)nn1C1CCCC1. The molecule has 0 spiro atoms. The summed E-state index contributed by atoms with van der Waals surface area (Å²) in [6, 6.07) is 1.36. The van der Waals surface area contributed by atoms with E-state index in [0.29, 0.717) is 6.04 Å². The molecule has 2 aliphatic rings. The Balaban J connectivity index is 1.59. The summed E-state index contributed by atoms with van der Waals surface area (Å²) in [4.78, 5) is 4.35. The summed E-state index contributed by atoms with van der Waals surface area (Å²) in [6.07, 6.45) is 9.80. The van der Waals surface area contributed by atoms with E-state index in [9.17, 15) is 0 Å². The van der Waals surface area contributed by atoms with Gasteiger partial charge in [-0.3, -0.25) is 0 Å². The highest BCUT2D eigenvalue weighted by Gasteiger charge is 2.21. The lowest BCUT2D eigenvalue weighted by atomic mass is 10.3. The first-order valence-corrected chi connectivity index (χ1v) is 6.05. The van der Waals surface area contributed by atoms with Gasteiger partial charge in [-0.15, -0.1) is 0 Å². The van der Waals surface area contributed by atoms with Crippen LogP contribution in [-0.2, 0) is 6.54 Å². The Morgan fingerprint density at radius 1 is 1.27 bits per heavy atom. The van der Waals surface area contributed by atoms with Crippen molar-refractivity contribution in [3.8, 4) is 0 Å². The van der Waals surface area contributed by atoms with E-state index in [1.54, 1.807) is 0 Å². The monoisotopic (exact) mass is 206 g/mol. The molecule has 1 aromatic heterocycles. The molecule has 2 aliphatic carbocycles. The van der Waals surface area contributed by atoms with Gasteiger partial charge in [0.25, 0.3) is 0 Å². The second-order valence-corrected chi connectivity index (χ2v) is 4.73. The van der Waals surface area contributed by atoms with E-state index in [0.717, 1.165) is 18.4 Å². The van der Waals surface area contributed by atoms with Crippen LogP contribution in [0.1, 0.15) is 50.4 Å². The first kappa shape index (κ1) is 9.33. The molecule has 2 fully saturated rings. The minimum Gasteiger partial charge on any atom is -0.307 e. The molecule has 0 bridgehead atoms. The molecule has 2 saturated carbocycles. The molecule has 1 aromatic rings. The molecule has 0 aliphatic heterocycles. The lowest BCUT2D eigenvalue weighted by molar-refractivity contribution is 0.460. The second kappa shape index (κ2) is 3.93. The number of hydrogen-bond donors (Lipinski definition) is 1. The van der Waals surface area contributed by atoms with Crippen molar-refractivity contribution < 1.29 is 0 Å². The van der Waals surface area contributed by atoms with E-state index in [4.69, 9.17) is 0 Å². The highest BCUT2D eigenvalue weighted by Crippen LogP contribution is 2.28. The van der Waals surface area contributed by atoms with Crippen LogP contribution in [0.25, 0.3) is 0 Å². The molecule has 4 heteroatoms. The zero-order valence-corrected chi connectivity index (χ0v) is 9.02. The van der Waals surface area contributed by atoms with Crippen LogP contribution in [0.5, 0.6) is 0 Å². The summed E-state index contributed by atoms with van der Waals surface area (Å²) in [5, 5.41) is 7.97. The highest BCUT2D eigenvalue weighted by molar-refractivity contribution is 4.88. The van der Waals surface area contributed by atoms with Crippen LogP contribution in [0.2, 0.25) is 0 Å². The van der Waals surface area contributed by atoms with E-state index >= 15 is 0 Å². The van der Waals surface area contributed by atoms with Crippen molar-refractivity contribution in [1.29, 1.82) is 0 Å². The maximum atomic E-state index is 4.54. The Bertz CT molecular complexity index is 323. The molecule has 82 valence electrons. The van der Waals surface area contributed by atoms with Crippen molar-refractivity contribution >= 4 is 0 Å². The van der Waals surface area contributed by atoms with Crippen LogP contribution in [0, 0.1) is 0 Å². The molecule has 1 heterocycles. The third-order valence-corrected chi connectivity index (χ3v) is 3.38. The van der Waals surface area contributed by atoms with E-state index in [1.807, 2.05) is 6.33 Å². The molecule has 0 aromatic carbocycles. The summed E-state index contributed by atoms with van der Waals surface area (Å²) in [7, 11) is 0. The van der Waals surface area contributed by atoms with Crippen LogP contribution in [-0.4, -0.2) is 20.8 Å². The lowest BCUT2D eigenvalue weighted by Gasteiger charge is -2.07. The first-order valence-electron chi connectivity index (χ1n) is 6.05. The van der Waals surface area contributed by atoms with Crippen LogP contribution in [0.4, 0.5) is 0 Å². The van der Waals surface area contributed by atoms with Gasteiger partial charge in [-0.05, 0) is 25.7 Å². The molecule has 15 heavy (non-hydrogen) atoms. The van der Waals surface area contributed by atoms with Crippen molar-refractivity contribution in [2.45, 2.75) is 57.2 Å². The van der Waals surface area contributed by atoms with Gasteiger partial charge in [0.2, 0.25) is 0 Å². The predicted octanol–water partition coefficient (Wildman–Crippen LogP) is 1.65. The van der Waals surface area contributed by atoms with Gasteiger partial charge in [-0.1, -0.05) is 12.8 Å². The van der Waals surface area contributed by atoms with E-state index in [1.165, 1.54) is 38.5 Å². The fourth-order valence-electron chi connectivity index (χ4n) is 2.26. The van der Waals surface area contributed by atoms with Crippen LogP contribution in [0.3, 0.4) is 0 Å². The Kier molecular flexibility index (Phi) is 2.44. The Labute approximate surface area is 90.1 Å². The summed E-state index contributed by atoms with van der Waals surface area (Å²) >= 11 is 0. The average molecular weight is 206 g/mol. The van der Waals surface area contributed by atoms with Gasteiger partial charge in [0, 0.05) is 6.04 Å². The van der Waals surface area contributed by atoms with Crippen molar-refractivity contribution in [3.05, 3.63) is 12.2 Å². The van der Waals surface area contributed by atoms with Crippen molar-refractivity contribution in [2.24, 2.45) is 0 Å². The van der Waals surface area contributed by atoms with Crippen LogP contribution in [0.15, 0.2) is 6.33 Å². The van der Waals surface area contributed by atoms with Gasteiger partial charge < -0.3 is 5.32 Å². The lowest BCUT2D eigenvalue weighted by Crippen LogP contribution is -2.16. The molecule has 0 radical (unpaired) electrons. The smallest absolute Gasteiger partial charge is 0.164 e. The number of nitrogens with zero attached hydrogens (tertiary/aromatic N) is 3. The predicted molar refractivity (Wildman–Crippen MR) is 57.4 cm³/mol. The second-order valence-electron chi connectivity index (χ2n) is 4.73. The molecule has 0 saturated heterocycles. The molecular weight excluding hydrogens is 188 g/mol. The summed E-state index contributed by atoms with van der Waals surface area (Å²) in [6.45, 7) is 0.838. The van der Waals surface area contributed by atoms with Gasteiger partial charge >= 0.3 is 0 Å². The zero-order chi connectivity index (χ0) is 10.1. The zero-order valence-electron chi connectivity index (χ0n) is 9.02. The topological polar surface area (TPSA) is 42.7 Å². The molecule has 0 unspecified atom stereocenters. The Morgan fingerprint density at radius 2 is 2.07 bits per heavy atom. The van der Waals surface area contributed by atoms with Gasteiger partial charge in [0.15, 0.2) is 5.82 Å². The molecule has 3 rings (SSSR count). The molecule has 0 atom stereocenters. The van der Waals surface area contributed by atoms with Crippen molar-refractivity contribution in [2.75, 3.05) is 0 Å². The maximum absolute atomic E-state index is 4.54. The van der Waals surface area contributed by atoms with Crippen molar-refractivity contribution in [3.63, 3.8) is 0 Å². The minimum atomic E-state index is 0.618. The average Bonchev–Trinajstić information content (AvgIpc) is 2.78. The number of aromatic nitrogens is 3. The summed E-state index contributed by atoms with van der Waals surface area (Å²) < 4.78 is 2.07. The summed E-state index contributed by atoms with van der Waals surface area (Å²) in [5.41, 5.74) is 0. The Morgan fingerprint density at radius 3 is 2.80 bits per heavy atom. The Hall–Kier alpha value is -0.900. The first-order chi connectivity index (χ1) is 7.42. The fraction of sp³-hybridized carbons (Fsp3) is 0.818. The fourth-order valence-corrected chi connectivity index (χ4v) is 2.26. The van der Waals surface area contributed by atoms with Gasteiger partial charge in [-0.25, -0.2) is 9.67 Å². The third kappa shape index (κ3) is 2.20. The molecular formula is C11H18N4. The largest absolute Gasteiger partial charge is 0.307 e. The quantitative estimate of drug-likeness (QED) is 0.814. The maximum Gasteiger partial charge on any atom is 0.164 e. The number of hydrogen-bond acceptors (Lipinski definition) is 3. The molecule has 1 N–H and O–H groups in total.